The number of anilines is 1. The third kappa shape index (κ3) is 3.83. The molecule has 4 heterocycles. The molecule has 1 amide bonds. The van der Waals surface area contributed by atoms with E-state index in [1.165, 1.54) is 39.8 Å². The van der Waals surface area contributed by atoms with Gasteiger partial charge in [-0.05, 0) is 43.3 Å². The lowest BCUT2D eigenvalue weighted by Gasteiger charge is -2.27. The number of aromatic amines is 1. The van der Waals surface area contributed by atoms with E-state index in [0.717, 1.165) is 11.1 Å². The van der Waals surface area contributed by atoms with Gasteiger partial charge in [0, 0.05) is 17.2 Å². The first-order valence-corrected chi connectivity index (χ1v) is 12.4. The van der Waals surface area contributed by atoms with Crippen molar-refractivity contribution < 1.29 is 13.9 Å². The summed E-state index contributed by atoms with van der Waals surface area (Å²) in [4.78, 5) is 34.2. The first-order valence-electron chi connectivity index (χ1n) is 12.4. The van der Waals surface area contributed by atoms with Crippen LogP contribution in [0.5, 0.6) is 11.5 Å². The standard InChI is InChI=1S/C29H20FN7O3/c1-16-14-24(32-28(39)25-19-6-2-4-8-22(19)40-23-9-5-3-7-20(23)25)37(35-16)29-33-26-21(27(38)34-29)15-31-36(26)18-12-10-17(30)11-13-18/h2-15,25H,1H3,(H,32,39)(H,33,34,38). The van der Waals surface area contributed by atoms with Gasteiger partial charge in [-0.3, -0.25) is 14.6 Å². The minimum atomic E-state index is -0.640. The van der Waals surface area contributed by atoms with E-state index in [0.29, 0.717) is 28.7 Å². The van der Waals surface area contributed by atoms with Crippen LogP contribution >= 0.6 is 0 Å². The Morgan fingerprint density at radius 2 is 1.65 bits per heavy atom. The Morgan fingerprint density at radius 1 is 0.975 bits per heavy atom. The van der Waals surface area contributed by atoms with Crippen molar-refractivity contribution in [2.75, 3.05) is 5.32 Å². The minimum Gasteiger partial charge on any atom is -0.457 e. The van der Waals surface area contributed by atoms with Gasteiger partial charge in [0.1, 0.15) is 28.5 Å². The second-order valence-corrected chi connectivity index (χ2v) is 9.34. The zero-order chi connectivity index (χ0) is 27.4. The molecule has 3 aromatic carbocycles. The number of para-hydroxylation sites is 2. The number of carbonyl (C=O) groups excluding carboxylic acids is 1. The largest absolute Gasteiger partial charge is 0.457 e. The molecule has 196 valence electrons. The average Bonchev–Trinajstić information content (AvgIpc) is 3.55. The SMILES string of the molecule is Cc1cc(NC(=O)C2c3ccccc3Oc3ccccc32)n(-c2nc3c(cnn3-c3ccc(F)cc3)c(=O)[nH]2)n1. The normalized spacial score (nSPS) is 12.6. The Morgan fingerprint density at radius 3 is 2.35 bits per heavy atom. The van der Waals surface area contributed by atoms with Crippen LogP contribution in [-0.4, -0.2) is 35.4 Å². The molecule has 0 unspecified atom stereocenters. The summed E-state index contributed by atoms with van der Waals surface area (Å²) in [5.41, 5.74) is 2.41. The second-order valence-electron chi connectivity index (χ2n) is 9.34. The van der Waals surface area contributed by atoms with Gasteiger partial charge in [-0.25, -0.2) is 9.07 Å². The molecule has 6 aromatic rings. The third-order valence-corrected chi connectivity index (χ3v) is 6.72. The van der Waals surface area contributed by atoms with Crippen LogP contribution in [0.25, 0.3) is 22.7 Å². The number of aromatic nitrogens is 6. The molecule has 1 aliphatic rings. The summed E-state index contributed by atoms with van der Waals surface area (Å²) < 4.78 is 22.3. The Kier molecular flexibility index (Phi) is 5.30. The number of amides is 1. The van der Waals surface area contributed by atoms with Gasteiger partial charge in [-0.1, -0.05) is 36.4 Å². The zero-order valence-electron chi connectivity index (χ0n) is 21.0. The highest BCUT2D eigenvalue weighted by atomic mass is 19.1. The number of rotatable bonds is 4. The van der Waals surface area contributed by atoms with Crippen molar-refractivity contribution in [1.29, 1.82) is 0 Å². The van der Waals surface area contributed by atoms with Crippen LogP contribution in [0.1, 0.15) is 22.7 Å². The molecule has 0 atom stereocenters. The number of hydrogen-bond donors (Lipinski definition) is 2. The molecule has 0 spiro atoms. The van der Waals surface area contributed by atoms with Crippen molar-refractivity contribution in [3.05, 3.63) is 118 Å². The van der Waals surface area contributed by atoms with E-state index in [-0.39, 0.29) is 22.9 Å². The molecule has 1 aliphatic heterocycles. The summed E-state index contributed by atoms with van der Waals surface area (Å²) in [6.45, 7) is 1.77. The second kappa shape index (κ2) is 9.02. The highest BCUT2D eigenvalue weighted by Crippen LogP contribution is 2.44. The van der Waals surface area contributed by atoms with Crippen molar-refractivity contribution >= 4 is 22.8 Å². The number of hydrogen-bond acceptors (Lipinski definition) is 6. The first-order chi connectivity index (χ1) is 19.5. The highest BCUT2D eigenvalue weighted by Gasteiger charge is 2.33. The molecule has 11 heteroatoms. The maximum atomic E-state index is 13.8. The zero-order valence-corrected chi connectivity index (χ0v) is 21.0. The van der Waals surface area contributed by atoms with E-state index >= 15 is 0 Å². The van der Waals surface area contributed by atoms with Crippen molar-refractivity contribution in [3.63, 3.8) is 0 Å². The maximum absolute atomic E-state index is 13.8. The summed E-state index contributed by atoms with van der Waals surface area (Å²) in [5, 5.41) is 12.0. The number of fused-ring (bicyclic) bond motifs is 3. The number of aryl methyl sites for hydroxylation is 1. The highest BCUT2D eigenvalue weighted by molar-refractivity contribution is 5.99. The van der Waals surface area contributed by atoms with Crippen molar-refractivity contribution in [1.82, 2.24) is 29.5 Å². The number of benzene rings is 3. The van der Waals surface area contributed by atoms with E-state index < -0.39 is 17.3 Å². The van der Waals surface area contributed by atoms with Gasteiger partial charge < -0.3 is 10.1 Å². The van der Waals surface area contributed by atoms with Gasteiger partial charge in [0.2, 0.25) is 11.9 Å². The minimum absolute atomic E-state index is 0.0811. The summed E-state index contributed by atoms with van der Waals surface area (Å²) in [6, 6.07) is 22.2. The van der Waals surface area contributed by atoms with E-state index in [4.69, 9.17) is 4.74 Å². The van der Waals surface area contributed by atoms with Crippen molar-refractivity contribution in [2.45, 2.75) is 12.8 Å². The fourth-order valence-corrected chi connectivity index (χ4v) is 4.92. The summed E-state index contributed by atoms with van der Waals surface area (Å²) >= 11 is 0. The molecule has 0 radical (unpaired) electrons. The summed E-state index contributed by atoms with van der Waals surface area (Å²) in [6.07, 6.45) is 1.39. The average molecular weight is 534 g/mol. The molecule has 7 rings (SSSR count). The molecule has 0 aliphatic carbocycles. The van der Waals surface area contributed by atoms with E-state index in [2.05, 4.69) is 25.5 Å². The van der Waals surface area contributed by atoms with Crippen LogP contribution in [-0.2, 0) is 4.79 Å². The van der Waals surface area contributed by atoms with E-state index in [1.54, 1.807) is 13.0 Å². The van der Waals surface area contributed by atoms with Crippen LogP contribution in [0, 0.1) is 12.7 Å². The molecule has 10 nitrogen and oxygen atoms in total. The topological polar surface area (TPSA) is 120 Å². The fourth-order valence-electron chi connectivity index (χ4n) is 4.92. The monoisotopic (exact) mass is 533 g/mol. The van der Waals surface area contributed by atoms with Gasteiger partial charge in [-0.2, -0.15) is 19.9 Å². The predicted octanol–water partition coefficient (Wildman–Crippen LogP) is 4.62. The number of ether oxygens (including phenoxy) is 1. The molecule has 40 heavy (non-hydrogen) atoms. The molecule has 0 fully saturated rings. The molecular weight excluding hydrogens is 513 g/mol. The third-order valence-electron chi connectivity index (χ3n) is 6.72. The smallest absolute Gasteiger partial charge is 0.263 e. The van der Waals surface area contributed by atoms with Crippen LogP contribution in [0.3, 0.4) is 0 Å². The van der Waals surface area contributed by atoms with Gasteiger partial charge >= 0.3 is 0 Å². The maximum Gasteiger partial charge on any atom is 0.263 e. The lowest BCUT2D eigenvalue weighted by Crippen LogP contribution is -2.26. The number of nitrogens with one attached hydrogen (secondary N) is 2. The predicted molar refractivity (Wildman–Crippen MR) is 145 cm³/mol. The summed E-state index contributed by atoms with van der Waals surface area (Å²) in [7, 11) is 0. The summed E-state index contributed by atoms with van der Waals surface area (Å²) in [5.74, 6) is 0.280. The first kappa shape index (κ1) is 23.5. The quantitative estimate of drug-likeness (QED) is 0.341. The Balaban J connectivity index is 1.30. The van der Waals surface area contributed by atoms with Crippen LogP contribution in [0.4, 0.5) is 10.2 Å². The van der Waals surface area contributed by atoms with Crippen LogP contribution in [0.15, 0.2) is 89.9 Å². The Labute approximate surface area is 225 Å². The van der Waals surface area contributed by atoms with E-state index in [9.17, 15) is 14.0 Å². The van der Waals surface area contributed by atoms with Gasteiger partial charge in [0.05, 0.1) is 23.5 Å². The van der Waals surface area contributed by atoms with E-state index in [1.807, 2.05) is 48.5 Å². The molecule has 3 aromatic heterocycles. The van der Waals surface area contributed by atoms with Crippen molar-refractivity contribution in [3.8, 4) is 23.1 Å². The Hall–Kier alpha value is -5.58. The van der Waals surface area contributed by atoms with Crippen molar-refractivity contribution in [2.24, 2.45) is 0 Å². The molecular formula is C29H20FN7O3. The number of H-pyrrole nitrogens is 1. The number of halogens is 1. The molecule has 2 N–H and O–H groups in total. The molecule has 0 saturated carbocycles. The number of carbonyl (C=O) groups is 1. The lowest BCUT2D eigenvalue weighted by molar-refractivity contribution is -0.116. The van der Waals surface area contributed by atoms with Gasteiger partial charge in [0.25, 0.3) is 5.56 Å². The van der Waals surface area contributed by atoms with Crippen LogP contribution in [0.2, 0.25) is 0 Å². The number of nitrogens with zero attached hydrogens (tertiary/aromatic N) is 5. The van der Waals surface area contributed by atoms with Crippen LogP contribution < -0.4 is 15.6 Å². The fraction of sp³-hybridized carbons (Fsp3) is 0.0690. The lowest BCUT2D eigenvalue weighted by atomic mass is 9.87. The van der Waals surface area contributed by atoms with Gasteiger partial charge in [-0.15, -0.1) is 0 Å². The molecule has 0 bridgehead atoms. The molecule has 0 saturated heterocycles. The van der Waals surface area contributed by atoms with Gasteiger partial charge in [0.15, 0.2) is 5.65 Å². The Bertz CT molecular complexity index is 1950.